The fraction of sp³-hybridized carbons (Fsp3) is 0.235. The van der Waals surface area contributed by atoms with Crippen LogP contribution in [0.5, 0.6) is 0 Å². The molecule has 0 saturated carbocycles. The summed E-state index contributed by atoms with van der Waals surface area (Å²) >= 11 is 0. The molecule has 3 aliphatic carbocycles. The molecule has 1 aromatic rings. The van der Waals surface area contributed by atoms with Crippen molar-refractivity contribution in [2.24, 2.45) is 11.7 Å². The van der Waals surface area contributed by atoms with E-state index in [1.54, 1.807) is 12.3 Å². The Balaban J connectivity index is 1.94. The van der Waals surface area contributed by atoms with Crippen LogP contribution in [0.25, 0.3) is 0 Å². The van der Waals surface area contributed by atoms with Gasteiger partial charge in [0.1, 0.15) is 0 Å². The monoisotopic (exact) mass is 278 g/mol. The summed E-state index contributed by atoms with van der Waals surface area (Å²) in [5, 5.41) is 0. The predicted octanol–water partition coefficient (Wildman–Crippen LogP) is 1.99. The van der Waals surface area contributed by atoms with E-state index in [-0.39, 0.29) is 17.5 Å². The average molecular weight is 278 g/mol. The Bertz CT molecular complexity index is 797. The molecule has 104 valence electrons. The van der Waals surface area contributed by atoms with E-state index >= 15 is 0 Å². The van der Waals surface area contributed by atoms with Crippen LogP contribution >= 0.6 is 0 Å². The number of rotatable bonds is 0. The molecule has 4 heteroatoms. The normalized spacial score (nSPS) is 30.0. The third-order valence-electron chi connectivity index (χ3n) is 4.58. The molecule has 2 N–H and O–H groups in total. The second-order valence-corrected chi connectivity index (χ2v) is 6.05. The van der Waals surface area contributed by atoms with E-state index in [9.17, 15) is 9.59 Å². The summed E-state index contributed by atoms with van der Waals surface area (Å²) in [5.41, 5.74) is 8.80. The lowest BCUT2D eigenvalue weighted by Gasteiger charge is -2.34. The molecular weight excluding hydrogens is 264 g/mol. The zero-order chi connectivity index (χ0) is 14.8. The lowest BCUT2D eigenvalue weighted by Crippen LogP contribution is -2.45. The van der Waals surface area contributed by atoms with Gasteiger partial charge in [0.05, 0.1) is 5.56 Å². The predicted molar refractivity (Wildman–Crippen MR) is 77.8 cm³/mol. The lowest BCUT2D eigenvalue weighted by molar-refractivity contribution is 0.0968. The zero-order valence-electron chi connectivity index (χ0n) is 11.6. The van der Waals surface area contributed by atoms with Crippen molar-refractivity contribution in [1.82, 2.24) is 4.98 Å². The minimum Gasteiger partial charge on any atom is -0.321 e. The van der Waals surface area contributed by atoms with Crippen molar-refractivity contribution in [3.05, 3.63) is 64.5 Å². The van der Waals surface area contributed by atoms with Gasteiger partial charge >= 0.3 is 0 Å². The first kappa shape index (κ1) is 12.4. The zero-order valence-corrected chi connectivity index (χ0v) is 11.6. The molecule has 3 aliphatic rings. The molecule has 0 aromatic carbocycles. The van der Waals surface area contributed by atoms with E-state index in [1.165, 1.54) is 6.20 Å². The van der Waals surface area contributed by atoms with Gasteiger partial charge in [-0.2, -0.15) is 0 Å². The highest BCUT2D eigenvalue weighted by Gasteiger charge is 2.48. The van der Waals surface area contributed by atoms with Crippen LogP contribution in [0.3, 0.4) is 0 Å². The number of aromatic nitrogens is 1. The number of Topliss-reactive ketones (excluding diaryl/α,β-unsaturated/α-hetero) is 2. The minimum atomic E-state index is -0.642. The number of hydrogen-bond acceptors (Lipinski definition) is 4. The van der Waals surface area contributed by atoms with Crippen molar-refractivity contribution < 1.29 is 9.59 Å². The number of hydrogen-bond donors (Lipinski definition) is 1. The molecule has 1 aromatic heterocycles. The first-order valence-corrected chi connectivity index (χ1v) is 6.94. The molecule has 0 fully saturated rings. The van der Waals surface area contributed by atoms with E-state index in [1.807, 2.05) is 25.2 Å². The number of fused-ring (bicyclic) bond motifs is 3. The fourth-order valence-corrected chi connectivity index (χ4v) is 3.65. The highest BCUT2D eigenvalue weighted by atomic mass is 16.1. The minimum absolute atomic E-state index is 0.0619. The van der Waals surface area contributed by atoms with E-state index in [0.717, 1.165) is 5.57 Å². The van der Waals surface area contributed by atoms with Crippen LogP contribution in [0.1, 0.15) is 34.1 Å². The number of ketones is 2. The Morgan fingerprint density at radius 3 is 2.90 bits per heavy atom. The molecule has 4 nitrogen and oxygen atoms in total. The van der Waals surface area contributed by atoms with Crippen molar-refractivity contribution >= 4 is 11.6 Å². The van der Waals surface area contributed by atoms with Gasteiger partial charge in [0.15, 0.2) is 11.6 Å². The van der Waals surface area contributed by atoms with Gasteiger partial charge in [-0.05, 0) is 19.4 Å². The van der Waals surface area contributed by atoms with Gasteiger partial charge in [-0.25, -0.2) is 0 Å². The van der Waals surface area contributed by atoms with E-state index in [4.69, 9.17) is 5.73 Å². The summed E-state index contributed by atoms with van der Waals surface area (Å²) in [6.45, 7) is 1.90. The third kappa shape index (κ3) is 1.51. The van der Waals surface area contributed by atoms with Crippen LogP contribution in [0, 0.1) is 5.92 Å². The maximum Gasteiger partial charge on any atom is 0.192 e. The number of carbonyl (C=O) groups is 2. The van der Waals surface area contributed by atoms with E-state index in [0.29, 0.717) is 28.7 Å². The quantitative estimate of drug-likeness (QED) is 0.787. The molecule has 1 heterocycles. The third-order valence-corrected chi connectivity index (χ3v) is 4.58. The number of allylic oxidation sites excluding steroid dienone is 3. The van der Waals surface area contributed by atoms with Gasteiger partial charge in [-0.1, -0.05) is 23.8 Å². The van der Waals surface area contributed by atoms with Gasteiger partial charge in [-0.3, -0.25) is 14.6 Å². The fourth-order valence-electron chi connectivity index (χ4n) is 3.65. The first-order valence-electron chi connectivity index (χ1n) is 6.94. The Labute approximate surface area is 122 Å². The first-order chi connectivity index (χ1) is 10.0. The van der Waals surface area contributed by atoms with Crippen molar-refractivity contribution in [2.75, 3.05) is 0 Å². The SMILES string of the molecule is C[C@@]1(N)C=CC=C2CC3=C(C(=O)c4cnccc4C3=O)[C@@H]21. The van der Waals surface area contributed by atoms with Gasteiger partial charge in [0.25, 0.3) is 0 Å². The summed E-state index contributed by atoms with van der Waals surface area (Å²) < 4.78 is 0. The topological polar surface area (TPSA) is 73.1 Å². The molecule has 0 radical (unpaired) electrons. The maximum atomic E-state index is 12.8. The van der Waals surface area contributed by atoms with E-state index < -0.39 is 5.54 Å². The largest absolute Gasteiger partial charge is 0.321 e. The van der Waals surface area contributed by atoms with Gasteiger partial charge in [0.2, 0.25) is 0 Å². The molecule has 2 atom stereocenters. The standard InChI is InChI=1S/C17H14N2O2/c1-17(18)5-2-3-9-7-11-13(14(9)17)16(21)12-8-19-6-4-10(12)15(11)20/h2-6,8,14H,7,18H2,1H3/t14-,17-/m1/s1. The average Bonchev–Trinajstić information content (AvgIpc) is 2.86. The molecule has 21 heavy (non-hydrogen) atoms. The molecule has 0 spiro atoms. The second-order valence-electron chi connectivity index (χ2n) is 6.05. The highest BCUT2D eigenvalue weighted by molar-refractivity contribution is 6.28. The van der Waals surface area contributed by atoms with Crippen LogP contribution in [-0.4, -0.2) is 22.1 Å². The highest BCUT2D eigenvalue weighted by Crippen LogP contribution is 2.48. The number of nitrogens with two attached hydrogens (primary N) is 1. The van der Waals surface area contributed by atoms with Crippen LogP contribution in [0.2, 0.25) is 0 Å². The van der Waals surface area contributed by atoms with Crippen molar-refractivity contribution in [3.63, 3.8) is 0 Å². The summed E-state index contributed by atoms with van der Waals surface area (Å²) in [6.07, 6.45) is 9.32. The number of pyridine rings is 1. The summed E-state index contributed by atoms with van der Waals surface area (Å²) in [7, 11) is 0. The Morgan fingerprint density at radius 2 is 2.10 bits per heavy atom. The second kappa shape index (κ2) is 3.86. The van der Waals surface area contributed by atoms with Gasteiger partial charge < -0.3 is 5.73 Å². The lowest BCUT2D eigenvalue weighted by atomic mass is 9.73. The van der Waals surface area contributed by atoms with Crippen LogP contribution in [0.4, 0.5) is 0 Å². The number of carbonyl (C=O) groups excluding carboxylic acids is 2. The van der Waals surface area contributed by atoms with Crippen molar-refractivity contribution in [3.8, 4) is 0 Å². The smallest absolute Gasteiger partial charge is 0.192 e. The van der Waals surface area contributed by atoms with Gasteiger partial charge in [0, 0.05) is 40.6 Å². The van der Waals surface area contributed by atoms with Crippen LogP contribution < -0.4 is 5.73 Å². The molecule has 0 bridgehead atoms. The molecule has 4 rings (SSSR count). The molecule has 0 saturated heterocycles. The molecule has 0 unspecified atom stereocenters. The van der Waals surface area contributed by atoms with Crippen LogP contribution in [0.15, 0.2) is 53.4 Å². The number of nitrogens with zero attached hydrogens (tertiary/aromatic N) is 1. The Morgan fingerprint density at radius 1 is 1.29 bits per heavy atom. The van der Waals surface area contributed by atoms with Gasteiger partial charge in [-0.15, -0.1) is 0 Å². The molecule has 0 amide bonds. The maximum absolute atomic E-state index is 12.8. The summed E-state index contributed by atoms with van der Waals surface area (Å²) in [6, 6.07) is 1.62. The van der Waals surface area contributed by atoms with Crippen molar-refractivity contribution in [2.45, 2.75) is 18.9 Å². The summed E-state index contributed by atoms with van der Waals surface area (Å²) in [5.74, 6) is -0.372. The Hall–Kier alpha value is -2.33. The van der Waals surface area contributed by atoms with E-state index in [2.05, 4.69) is 4.98 Å². The molecular formula is C17H14N2O2. The summed E-state index contributed by atoms with van der Waals surface area (Å²) in [4.78, 5) is 29.5. The van der Waals surface area contributed by atoms with Crippen molar-refractivity contribution in [1.29, 1.82) is 0 Å². The Kier molecular flexibility index (Phi) is 2.28. The molecule has 0 aliphatic heterocycles. The van der Waals surface area contributed by atoms with Crippen LogP contribution in [-0.2, 0) is 0 Å².